The molecule has 0 spiro atoms. The number of hydrogen-bond donors (Lipinski definition) is 1. The van der Waals surface area contributed by atoms with E-state index in [0.717, 1.165) is 26.1 Å². The Kier molecular flexibility index (Phi) is 22.4. The molecule has 0 aromatic heterocycles. The van der Waals surface area contributed by atoms with Gasteiger partial charge in [0.05, 0.1) is 0 Å². The zero-order valence-electron chi connectivity index (χ0n) is 14.0. The van der Waals surface area contributed by atoms with Gasteiger partial charge in [0.2, 0.25) is 0 Å². The van der Waals surface area contributed by atoms with Crippen LogP contribution >= 0.6 is 0 Å². The van der Waals surface area contributed by atoms with E-state index in [9.17, 15) is 4.79 Å². The van der Waals surface area contributed by atoms with Crippen LogP contribution in [0.25, 0.3) is 0 Å². The van der Waals surface area contributed by atoms with Crippen molar-refractivity contribution in [1.29, 1.82) is 0 Å². The van der Waals surface area contributed by atoms with Crippen molar-refractivity contribution in [2.75, 3.05) is 0 Å². The fraction of sp³-hybridized carbons (Fsp3) is 0.778. The van der Waals surface area contributed by atoms with E-state index in [-0.39, 0.29) is 0 Å². The summed E-state index contributed by atoms with van der Waals surface area (Å²) in [6, 6.07) is 0. The second-order valence-electron chi connectivity index (χ2n) is 5.35. The molecule has 0 aliphatic heterocycles. The molecule has 0 aromatic carbocycles. The number of hydrogen-bond acceptors (Lipinski definition) is 2. The van der Waals surface area contributed by atoms with Gasteiger partial charge in [-0.2, -0.15) is 0 Å². The van der Waals surface area contributed by atoms with Gasteiger partial charge in [-0.15, -0.1) is 0 Å². The summed E-state index contributed by atoms with van der Waals surface area (Å²) in [5.41, 5.74) is 0. The lowest BCUT2D eigenvalue weighted by atomic mass is 10.1. The number of carbonyl (C=O) groups is 2. The molecule has 0 aromatic rings. The van der Waals surface area contributed by atoms with Crippen LogP contribution in [0.5, 0.6) is 0 Å². The standard InChI is InChI=1S/C16H30O.C2H4O2/c1-2-3-4-5-6-7-8-9-10-11-12-13-14-15-16-17;1-2(3)4/h5-6,16H,2-4,7-15H2,1H3;1H3,(H,3,4)/b6-5-;. The fourth-order valence-corrected chi connectivity index (χ4v) is 1.93. The summed E-state index contributed by atoms with van der Waals surface area (Å²) in [7, 11) is 0. The number of aldehydes is 1. The maximum atomic E-state index is 10.1. The smallest absolute Gasteiger partial charge is 0.300 e. The van der Waals surface area contributed by atoms with Gasteiger partial charge in [0, 0.05) is 13.3 Å². The number of rotatable bonds is 13. The molecule has 21 heavy (non-hydrogen) atoms. The molecule has 0 saturated heterocycles. The molecule has 0 heterocycles. The van der Waals surface area contributed by atoms with Crippen molar-refractivity contribution in [1.82, 2.24) is 0 Å². The molecule has 0 rings (SSSR count). The number of carbonyl (C=O) groups excluding carboxylic acids is 1. The molecule has 0 amide bonds. The first-order valence-electron chi connectivity index (χ1n) is 8.43. The minimum atomic E-state index is -0.833. The number of unbranched alkanes of at least 4 members (excludes halogenated alkanes) is 10. The van der Waals surface area contributed by atoms with E-state index in [2.05, 4.69) is 19.1 Å². The average Bonchev–Trinajstić information content (AvgIpc) is 2.43. The lowest BCUT2D eigenvalue weighted by Crippen LogP contribution is -1.81. The minimum absolute atomic E-state index is 0.753. The number of carboxylic acid groups (broad SMARTS) is 1. The molecule has 3 nitrogen and oxygen atoms in total. The summed E-state index contributed by atoms with van der Waals surface area (Å²) in [6.45, 7) is 3.32. The van der Waals surface area contributed by atoms with E-state index in [1.807, 2.05) is 0 Å². The van der Waals surface area contributed by atoms with E-state index in [1.165, 1.54) is 64.2 Å². The molecule has 0 aliphatic carbocycles. The topological polar surface area (TPSA) is 54.4 Å². The highest BCUT2D eigenvalue weighted by Gasteiger charge is 1.91. The highest BCUT2D eigenvalue weighted by molar-refractivity contribution is 5.62. The maximum Gasteiger partial charge on any atom is 0.300 e. The monoisotopic (exact) mass is 298 g/mol. The molecule has 0 aliphatic rings. The second kappa shape index (κ2) is 21.2. The Balaban J connectivity index is 0. The molecular formula is C18H34O3. The van der Waals surface area contributed by atoms with E-state index in [0.29, 0.717) is 0 Å². The summed E-state index contributed by atoms with van der Waals surface area (Å²) in [6.07, 6.45) is 20.7. The number of aliphatic carboxylic acids is 1. The van der Waals surface area contributed by atoms with Crippen molar-refractivity contribution >= 4 is 12.3 Å². The van der Waals surface area contributed by atoms with Gasteiger partial charge in [0.1, 0.15) is 6.29 Å². The molecule has 0 unspecified atom stereocenters. The first-order valence-corrected chi connectivity index (χ1v) is 8.43. The Morgan fingerprint density at radius 1 is 0.810 bits per heavy atom. The van der Waals surface area contributed by atoms with Crippen molar-refractivity contribution < 1.29 is 14.7 Å². The summed E-state index contributed by atoms with van der Waals surface area (Å²) in [4.78, 5) is 19.1. The van der Waals surface area contributed by atoms with Crippen molar-refractivity contribution in [3.8, 4) is 0 Å². The highest BCUT2D eigenvalue weighted by atomic mass is 16.4. The summed E-state index contributed by atoms with van der Waals surface area (Å²) >= 11 is 0. The van der Waals surface area contributed by atoms with Crippen LogP contribution in [0.2, 0.25) is 0 Å². The van der Waals surface area contributed by atoms with Gasteiger partial charge in [-0.05, 0) is 25.7 Å². The third-order valence-electron chi connectivity index (χ3n) is 3.08. The van der Waals surface area contributed by atoms with Crippen LogP contribution in [0.3, 0.4) is 0 Å². The van der Waals surface area contributed by atoms with Gasteiger partial charge >= 0.3 is 0 Å². The molecule has 0 atom stereocenters. The van der Waals surface area contributed by atoms with Crippen LogP contribution in [0, 0.1) is 0 Å². The largest absolute Gasteiger partial charge is 0.481 e. The van der Waals surface area contributed by atoms with Crippen LogP contribution in [-0.4, -0.2) is 17.4 Å². The number of carboxylic acids is 1. The molecule has 124 valence electrons. The lowest BCUT2D eigenvalue weighted by molar-refractivity contribution is -0.134. The third-order valence-corrected chi connectivity index (χ3v) is 3.08. The van der Waals surface area contributed by atoms with Crippen molar-refractivity contribution in [3.63, 3.8) is 0 Å². The van der Waals surface area contributed by atoms with Crippen molar-refractivity contribution in [2.24, 2.45) is 0 Å². The van der Waals surface area contributed by atoms with Crippen LogP contribution in [0.4, 0.5) is 0 Å². The van der Waals surface area contributed by atoms with E-state index >= 15 is 0 Å². The van der Waals surface area contributed by atoms with Crippen LogP contribution < -0.4 is 0 Å². The molecule has 3 heteroatoms. The Morgan fingerprint density at radius 2 is 1.19 bits per heavy atom. The average molecular weight is 298 g/mol. The van der Waals surface area contributed by atoms with Gasteiger partial charge in [-0.3, -0.25) is 4.79 Å². The first kappa shape index (κ1) is 22.2. The Labute approximate surface area is 130 Å². The van der Waals surface area contributed by atoms with Crippen LogP contribution in [-0.2, 0) is 9.59 Å². The molecule has 0 fully saturated rings. The predicted octanol–water partition coefficient (Wildman–Crippen LogP) is 5.53. The van der Waals surface area contributed by atoms with Gasteiger partial charge in [-0.1, -0.05) is 64.0 Å². The Bertz CT molecular complexity index is 243. The second-order valence-corrected chi connectivity index (χ2v) is 5.35. The SMILES string of the molecule is CC(=O)O.CCCC/C=C\CCCCCCCCCC=O. The molecule has 0 radical (unpaired) electrons. The van der Waals surface area contributed by atoms with Crippen molar-refractivity contribution in [2.45, 2.75) is 90.9 Å². The zero-order valence-corrected chi connectivity index (χ0v) is 14.0. The summed E-state index contributed by atoms with van der Waals surface area (Å²) in [5, 5.41) is 7.42. The third kappa shape index (κ3) is 32.4. The van der Waals surface area contributed by atoms with E-state index in [4.69, 9.17) is 9.90 Å². The maximum absolute atomic E-state index is 10.1. The summed E-state index contributed by atoms with van der Waals surface area (Å²) < 4.78 is 0. The first-order chi connectivity index (χ1) is 10.1. The van der Waals surface area contributed by atoms with Gasteiger partial charge < -0.3 is 9.90 Å². The van der Waals surface area contributed by atoms with Crippen molar-refractivity contribution in [3.05, 3.63) is 12.2 Å². The van der Waals surface area contributed by atoms with Gasteiger partial charge in [0.25, 0.3) is 5.97 Å². The molecular weight excluding hydrogens is 264 g/mol. The lowest BCUT2D eigenvalue weighted by Gasteiger charge is -1.99. The zero-order chi connectivity index (χ0) is 16.2. The van der Waals surface area contributed by atoms with Gasteiger partial charge in [-0.25, -0.2) is 0 Å². The number of allylic oxidation sites excluding steroid dienone is 2. The van der Waals surface area contributed by atoms with E-state index < -0.39 is 5.97 Å². The highest BCUT2D eigenvalue weighted by Crippen LogP contribution is 2.09. The van der Waals surface area contributed by atoms with Crippen LogP contribution in [0.15, 0.2) is 12.2 Å². The minimum Gasteiger partial charge on any atom is -0.481 e. The molecule has 0 bridgehead atoms. The quantitative estimate of drug-likeness (QED) is 0.276. The normalized spacial score (nSPS) is 10.2. The molecule has 0 saturated carbocycles. The Hall–Kier alpha value is -1.12. The van der Waals surface area contributed by atoms with E-state index in [1.54, 1.807) is 0 Å². The Morgan fingerprint density at radius 3 is 1.62 bits per heavy atom. The fourth-order valence-electron chi connectivity index (χ4n) is 1.93. The predicted molar refractivity (Wildman–Crippen MR) is 89.6 cm³/mol. The molecule has 1 N–H and O–H groups in total. The summed E-state index contributed by atoms with van der Waals surface area (Å²) in [5.74, 6) is -0.833. The van der Waals surface area contributed by atoms with Crippen LogP contribution in [0.1, 0.15) is 90.9 Å². The van der Waals surface area contributed by atoms with Gasteiger partial charge in [0.15, 0.2) is 0 Å².